The van der Waals surface area contributed by atoms with Gasteiger partial charge in [-0.15, -0.1) is 0 Å². The number of unbranched alkanes of at least 4 members (excludes halogenated alkanes) is 1. The largest absolute Gasteiger partial charge is 0.326 e. The van der Waals surface area contributed by atoms with Gasteiger partial charge in [-0.2, -0.15) is 0 Å². The van der Waals surface area contributed by atoms with Crippen LogP contribution < -0.4 is 0 Å². The molecule has 2 aromatic rings. The average Bonchev–Trinajstić information content (AvgIpc) is 2.63. The van der Waals surface area contributed by atoms with Crippen LogP contribution in [0.3, 0.4) is 0 Å². The van der Waals surface area contributed by atoms with E-state index in [2.05, 4.69) is 45.0 Å². The van der Waals surface area contributed by atoms with Crippen molar-refractivity contribution in [3.05, 3.63) is 83.9 Å². The first kappa shape index (κ1) is 18.0. The van der Waals surface area contributed by atoms with Gasteiger partial charge in [0, 0.05) is 0 Å². The lowest BCUT2D eigenvalue weighted by Gasteiger charge is -2.34. The Hall–Kier alpha value is -2.35. The van der Waals surface area contributed by atoms with E-state index in [1.807, 2.05) is 47.4 Å². The molecule has 0 unspecified atom stereocenters. The number of rotatable bonds is 7. The Labute approximate surface area is 145 Å². The minimum Gasteiger partial charge on any atom is -0.326 e. The van der Waals surface area contributed by atoms with Gasteiger partial charge in [0.1, 0.15) is 0 Å². The summed E-state index contributed by atoms with van der Waals surface area (Å²) in [6.07, 6.45) is 5.68. The normalized spacial score (nSPS) is 13.6. The highest BCUT2D eigenvalue weighted by Gasteiger charge is 2.25. The number of benzene rings is 2. The van der Waals surface area contributed by atoms with Gasteiger partial charge >= 0.3 is 0 Å². The van der Waals surface area contributed by atoms with Crippen LogP contribution in [0.4, 0.5) is 0 Å². The lowest BCUT2D eigenvalue weighted by molar-refractivity contribution is -0.130. The third-order valence-electron chi connectivity index (χ3n) is 4.37. The summed E-state index contributed by atoms with van der Waals surface area (Å²) in [5, 5.41) is 0. The van der Waals surface area contributed by atoms with Gasteiger partial charge in [0.2, 0.25) is 5.91 Å². The zero-order valence-corrected chi connectivity index (χ0v) is 14.9. The molecule has 1 amide bonds. The van der Waals surface area contributed by atoms with Gasteiger partial charge < -0.3 is 4.90 Å². The van der Waals surface area contributed by atoms with Crippen molar-refractivity contribution in [2.45, 2.75) is 45.7 Å². The van der Waals surface area contributed by atoms with Crippen LogP contribution >= 0.6 is 0 Å². The maximum Gasteiger partial charge on any atom is 0.247 e. The molecule has 0 radical (unpaired) electrons. The molecule has 2 aromatic carbocycles. The molecule has 0 spiro atoms. The second kappa shape index (κ2) is 9.07. The third kappa shape index (κ3) is 4.58. The summed E-state index contributed by atoms with van der Waals surface area (Å²) in [5.74, 6) is 0.0659. The lowest BCUT2D eigenvalue weighted by atomic mass is 10.0. The molecule has 0 aliphatic heterocycles. The van der Waals surface area contributed by atoms with Crippen LogP contribution in [0.2, 0.25) is 0 Å². The molecule has 2 nitrogen and oxygen atoms in total. The summed E-state index contributed by atoms with van der Waals surface area (Å²) in [4.78, 5) is 14.9. The van der Waals surface area contributed by atoms with Crippen LogP contribution in [0, 0.1) is 0 Å². The number of carbonyl (C=O) groups is 1. The van der Waals surface area contributed by atoms with Crippen LogP contribution in [0.1, 0.15) is 56.8 Å². The molecule has 0 saturated heterocycles. The monoisotopic (exact) mass is 321 g/mol. The molecule has 2 atom stereocenters. The van der Waals surface area contributed by atoms with Crippen molar-refractivity contribution in [1.29, 1.82) is 0 Å². The molecule has 0 N–H and O–H groups in total. The number of carbonyl (C=O) groups excluding carboxylic acids is 1. The topological polar surface area (TPSA) is 20.3 Å². The molecule has 2 heteroatoms. The van der Waals surface area contributed by atoms with Crippen LogP contribution in [-0.4, -0.2) is 10.8 Å². The average molecular weight is 321 g/mol. The Kier molecular flexibility index (Phi) is 6.80. The van der Waals surface area contributed by atoms with Crippen molar-refractivity contribution in [2.24, 2.45) is 0 Å². The smallest absolute Gasteiger partial charge is 0.247 e. The van der Waals surface area contributed by atoms with Crippen LogP contribution in [0.5, 0.6) is 0 Å². The quantitative estimate of drug-likeness (QED) is 0.600. The van der Waals surface area contributed by atoms with Crippen molar-refractivity contribution in [1.82, 2.24) is 4.90 Å². The van der Waals surface area contributed by atoms with Crippen molar-refractivity contribution in [3.8, 4) is 0 Å². The van der Waals surface area contributed by atoms with E-state index in [1.54, 1.807) is 6.08 Å². The Morgan fingerprint density at radius 2 is 1.38 bits per heavy atom. The van der Waals surface area contributed by atoms with Gasteiger partial charge in [-0.05, 0) is 37.5 Å². The van der Waals surface area contributed by atoms with E-state index in [1.165, 1.54) is 0 Å². The van der Waals surface area contributed by atoms with E-state index in [4.69, 9.17) is 0 Å². The molecule has 24 heavy (non-hydrogen) atoms. The summed E-state index contributed by atoms with van der Waals surface area (Å²) in [6.45, 7) is 6.31. The highest BCUT2D eigenvalue weighted by Crippen LogP contribution is 2.30. The summed E-state index contributed by atoms with van der Waals surface area (Å²) < 4.78 is 0. The third-order valence-corrected chi connectivity index (χ3v) is 4.37. The summed E-state index contributed by atoms with van der Waals surface area (Å²) >= 11 is 0. The van der Waals surface area contributed by atoms with E-state index in [-0.39, 0.29) is 18.0 Å². The van der Waals surface area contributed by atoms with Gasteiger partial charge in [0.25, 0.3) is 0 Å². The number of allylic oxidation sites excluding steroid dienone is 1. The standard InChI is InChI=1S/C22H27NO/c1-4-5-8-17-22(24)23(18(2)20-13-9-6-10-14-20)19(3)21-15-11-7-12-16-21/h6-19H,4-5H2,1-3H3/b17-8+/t18-,19-/m1/s1. The first-order valence-electron chi connectivity index (χ1n) is 8.73. The molecule has 0 bridgehead atoms. The summed E-state index contributed by atoms with van der Waals surface area (Å²) in [6, 6.07) is 20.5. The molecule has 0 aromatic heterocycles. The lowest BCUT2D eigenvalue weighted by Crippen LogP contribution is -2.34. The number of hydrogen-bond donors (Lipinski definition) is 0. The second-order valence-corrected chi connectivity index (χ2v) is 6.11. The maximum absolute atomic E-state index is 12.9. The minimum absolute atomic E-state index is 0.0141. The van der Waals surface area contributed by atoms with Crippen molar-refractivity contribution in [2.75, 3.05) is 0 Å². The Bertz CT molecular complexity index is 603. The highest BCUT2D eigenvalue weighted by atomic mass is 16.2. The molecule has 0 heterocycles. The molecule has 2 rings (SSSR count). The molecule has 0 fully saturated rings. The van der Waals surface area contributed by atoms with E-state index in [9.17, 15) is 4.79 Å². The molecule has 0 saturated carbocycles. The van der Waals surface area contributed by atoms with Gasteiger partial charge in [-0.25, -0.2) is 0 Å². The molecule has 126 valence electrons. The number of hydrogen-bond acceptors (Lipinski definition) is 1. The maximum atomic E-state index is 12.9. The first-order chi connectivity index (χ1) is 11.6. The number of nitrogens with zero attached hydrogens (tertiary/aromatic N) is 1. The van der Waals surface area contributed by atoms with Gasteiger partial charge in [-0.3, -0.25) is 4.79 Å². The SMILES string of the molecule is CCC/C=C/C(=O)N([C@H](C)c1ccccc1)[C@H](C)c1ccccc1. The Morgan fingerprint density at radius 3 is 1.79 bits per heavy atom. The zero-order chi connectivity index (χ0) is 17.4. The van der Waals surface area contributed by atoms with Gasteiger partial charge in [-0.1, -0.05) is 80.1 Å². The fourth-order valence-electron chi connectivity index (χ4n) is 2.94. The minimum atomic E-state index is 0.0141. The second-order valence-electron chi connectivity index (χ2n) is 6.11. The molecule has 0 aliphatic rings. The highest BCUT2D eigenvalue weighted by molar-refractivity contribution is 5.88. The predicted octanol–water partition coefficient (Wildman–Crippen LogP) is 5.69. The van der Waals surface area contributed by atoms with E-state index in [0.717, 1.165) is 24.0 Å². The van der Waals surface area contributed by atoms with E-state index in [0.29, 0.717) is 0 Å². The van der Waals surface area contributed by atoms with Crippen molar-refractivity contribution < 1.29 is 4.79 Å². The van der Waals surface area contributed by atoms with Crippen LogP contribution in [0.25, 0.3) is 0 Å². The first-order valence-corrected chi connectivity index (χ1v) is 8.73. The van der Waals surface area contributed by atoms with E-state index >= 15 is 0 Å². The Morgan fingerprint density at radius 1 is 0.917 bits per heavy atom. The predicted molar refractivity (Wildman–Crippen MR) is 101 cm³/mol. The van der Waals surface area contributed by atoms with E-state index < -0.39 is 0 Å². The fourth-order valence-corrected chi connectivity index (χ4v) is 2.94. The molecular weight excluding hydrogens is 294 g/mol. The molecular formula is C22H27NO. The fraction of sp³-hybridized carbons (Fsp3) is 0.318. The van der Waals surface area contributed by atoms with Crippen LogP contribution in [-0.2, 0) is 4.79 Å². The zero-order valence-electron chi connectivity index (χ0n) is 14.9. The Balaban J connectivity index is 2.32. The van der Waals surface area contributed by atoms with Gasteiger partial charge in [0.15, 0.2) is 0 Å². The van der Waals surface area contributed by atoms with Crippen molar-refractivity contribution >= 4 is 5.91 Å². The number of amides is 1. The van der Waals surface area contributed by atoms with Crippen LogP contribution in [0.15, 0.2) is 72.8 Å². The van der Waals surface area contributed by atoms with Gasteiger partial charge in [0.05, 0.1) is 12.1 Å². The van der Waals surface area contributed by atoms with Crippen molar-refractivity contribution in [3.63, 3.8) is 0 Å². The molecule has 0 aliphatic carbocycles. The summed E-state index contributed by atoms with van der Waals surface area (Å²) in [7, 11) is 0. The summed E-state index contributed by atoms with van der Waals surface area (Å²) in [5.41, 5.74) is 2.30.